The van der Waals surface area contributed by atoms with Gasteiger partial charge in [-0.2, -0.15) is 0 Å². The van der Waals surface area contributed by atoms with Crippen LogP contribution >= 0.6 is 0 Å². The molecule has 0 aromatic carbocycles. The van der Waals surface area contributed by atoms with Crippen LogP contribution < -0.4 is 11.1 Å². The van der Waals surface area contributed by atoms with Crippen LogP contribution in [-0.4, -0.2) is 68.3 Å². The van der Waals surface area contributed by atoms with Crippen molar-refractivity contribution in [2.75, 3.05) is 33.5 Å². The van der Waals surface area contributed by atoms with Gasteiger partial charge in [0.05, 0.1) is 19.8 Å². The lowest BCUT2D eigenvalue weighted by Gasteiger charge is -2.36. The third kappa shape index (κ3) is 4.45. The van der Waals surface area contributed by atoms with Crippen molar-refractivity contribution in [3.05, 3.63) is 0 Å². The number of amides is 2. The summed E-state index contributed by atoms with van der Waals surface area (Å²) in [6, 6.07) is -1.36. The maximum absolute atomic E-state index is 12.2. The fourth-order valence-corrected chi connectivity index (χ4v) is 1.93. The number of morpholine rings is 1. The number of ether oxygens (including phenoxy) is 2. The Kier molecular flexibility index (Phi) is 6.20. The Balaban J connectivity index is 2.71. The quantitative estimate of drug-likeness (QED) is 0.650. The van der Waals surface area contributed by atoms with Gasteiger partial charge in [0.1, 0.15) is 12.1 Å². The van der Waals surface area contributed by atoms with Crippen molar-refractivity contribution >= 4 is 11.8 Å². The molecule has 2 amide bonds. The second-order valence-electron chi connectivity index (χ2n) is 4.85. The molecule has 2 unspecified atom stereocenters. The lowest BCUT2D eigenvalue weighted by atomic mass is 10.1. The molecular weight excluding hydrogens is 250 g/mol. The topological polar surface area (TPSA) is 93.9 Å². The van der Waals surface area contributed by atoms with E-state index in [1.54, 1.807) is 0 Å². The maximum atomic E-state index is 12.2. The molecular formula is C12H23N3O4. The van der Waals surface area contributed by atoms with Crippen LogP contribution in [0.2, 0.25) is 0 Å². The van der Waals surface area contributed by atoms with Crippen LogP contribution in [-0.2, 0) is 19.1 Å². The highest BCUT2D eigenvalue weighted by Crippen LogP contribution is 2.09. The van der Waals surface area contributed by atoms with E-state index in [2.05, 4.69) is 5.32 Å². The van der Waals surface area contributed by atoms with E-state index >= 15 is 0 Å². The van der Waals surface area contributed by atoms with E-state index < -0.39 is 12.1 Å². The molecule has 1 aliphatic rings. The number of rotatable bonds is 5. The summed E-state index contributed by atoms with van der Waals surface area (Å²) in [5.74, 6) is -0.498. The molecule has 0 aromatic rings. The van der Waals surface area contributed by atoms with Gasteiger partial charge < -0.3 is 25.4 Å². The van der Waals surface area contributed by atoms with E-state index in [1.165, 1.54) is 12.0 Å². The largest absolute Gasteiger partial charge is 0.383 e. The van der Waals surface area contributed by atoms with Gasteiger partial charge in [0.2, 0.25) is 11.8 Å². The van der Waals surface area contributed by atoms with Crippen molar-refractivity contribution in [1.29, 1.82) is 0 Å². The Morgan fingerprint density at radius 2 is 2.21 bits per heavy atom. The van der Waals surface area contributed by atoms with Gasteiger partial charge in [0, 0.05) is 19.7 Å². The standard InChI is InChI=1S/C12H23N3O4/c1-8(2)14-11(16)10-7-19-5-4-15(10)12(17)9(13)6-18-3/h8-10H,4-7,13H2,1-3H3,(H,14,16). The number of carbonyl (C=O) groups excluding carboxylic acids is 2. The van der Waals surface area contributed by atoms with E-state index in [0.717, 1.165) is 0 Å². The van der Waals surface area contributed by atoms with Crippen molar-refractivity contribution in [2.24, 2.45) is 5.73 Å². The van der Waals surface area contributed by atoms with Gasteiger partial charge in [0.25, 0.3) is 0 Å². The molecule has 1 saturated heterocycles. The van der Waals surface area contributed by atoms with Gasteiger partial charge in [-0.25, -0.2) is 0 Å². The summed E-state index contributed by atoms with van der Waals surface area (Å²) in [5.41, 5.74) is 5.73. The number of hydrogen-bond acceptors (Lipinski definition) is 5. The third-order valence-electron chi connectivity index (χ3n) is 2.81. The van der Waals surface area contributed by atoms with Gasteiger partial charge in [0.15, 0.2) is 0 Å². The van der Waals surface area contributed by atoms with E-state index in [0.29, 0.717) is 13.2 Å². The minimum absolute atomic E-state index is 0.0130. The Morgan fingerprint density at radius 1 is 1.53 bits per heavy atom. The first-order chi connectivity index (χ1) is 8.97. The number of nitrogens with zero attached hydrogens (tertiary/aromatic N) is 1. The predicted octanol–water partition coefficient (Wildman–Crippen LogP) is -1.29. The SMILES string of the molecule is COCC(N)C(=O)N1CCOCC1C(=O)NC(C)C. The Hall–Kier alpha value is -1.18. The zero-order valence-electron chi connectivity index (χ0n) is 11.7. The van der Waals surface area contributed by atoms with Crippen LogP contribution in [0.4, 0.5) is 0 Å². The molecule has 0 radical (unpaired) electrons. The molecule has 1 rings (SSSR count). The van der Waals surface area contributed by atoms with Crippen LogP contribution in [0.25, 0.3) is 0 Å². The van der Waals surface area contributed by atoms with Crippen LogP contribution in [0.5, 0.6) is 0 Å². The number of nitrogens with two attached hydrogens (primary N) is 1. The Labute approximate surface area is 113 Å². The summed E-state index contributed by atoms with van der Waals surface area (Å²) in [6.45, 7) is 4.84. The second kappa shape index (κ2) is 7.42. The summed E-state index contributed by atoms with van der Waals surface area (Å²) in [7, 11) is 1.48. The first-order valence-corrected chi connectivity index (χ1v) is 6.40. The highest BCUT2D eigenvalue weighted by Gasteiger charge is 2.35. The van der Waals surface area contributed by atoms with Crippen LogP contribution in [0.1, 0.15) is 13.8 Å². The van der Waals surface area contributed by atoms with Gasteiger partial charge in [-0.05, 0) is 13.8 Å². The maximum Gasteiger partial charge on any atom is 0.245 e. The highest BCUT2D eigenvalue weighted by molar-refractivity contribution is 5.90. The van der Waals surface area contributed by atoms with Crippen molar-refractivity contribution in [1.82, 2.24) is 10.2 Å². The van der Waals surface area contributed by atoms with Crippen molar-refractivity contribution in [3.8, 4) is 0 Å². The van der Waals surface area contributed by atoms with Gasteiger partial charge >= 0.3 is 0 Å². The van der Waals surface area contributed by atoms with Crippen LogP contribution in [0, 0.1) is 0 Å². The van der Waals surface area contributed by atoms with Crippen LogP contribution in [0.3, 0.4) is 0 Å². The Morgan fingerprint density at radius 3 is 2.79 bits per heavy atom. The van der Waals surface area contributed by atoms with Crippen LogP contribution in [0.15, 0.2) is 0 Å². The van der Waals surface area contributed by atoms with Gasteiger partial charge in [-0.1, -0.05) is 0 Å². The Bertz CT molecular complexity index is 322. The average Bonchev–Trinajstić information content (AvgIpc) is 2.37. The molecule has 2 atom stereocenters. The second-order valence-corrected chi connectivity index (χ2v) is 4.85. The van der Waals surface area contributed by atoms with Gasteiger partial charge in [-0.15, -0.1) is 0 Å². The third-order valence-corrected chi connectivity index (χ3v) is 2.81. The zero-order chi connectivity index (χ0) is 14.4. The first-order valence-electron chi connectivity index (χ1n) is 6.40. The number of hydrogen-bond donors (Lipinski definition) is 2. The molecule has 1 aliphatic heterocycles. The predicted molar refractivity (Wildman–Crippen MR) is 69.5 cm³/mol. The zero-order valence-corrected chi connectivity index (χ0v) is 11.7. The smallest absolute Gasteiger partial charge is 0.245 e. The lowest BCUT2D eigenvalue weighted by molar-refractivity contribution is -0.150. The molecule has 7 nitrogen and oxygen atoms in total. The highest BCUT2D eigenvalue weighted by atomic mass is 16.5. The normalized spacial score (nSPS) is 21.3. The summed E-state index contributed by atoms with van der Waals surface area (Å²) < 4.78 is 10.1. The molecule has 0 bridgehead atoms. The summed E-state index contributed by atoms with van der Waals surface area (Å²) in [4.78, 5) is 25.7. The molecule has 0 saturated carbocycles. The van der Waals surface area contributed by atoms with E-state index in [4.69, 9.17) is 15.2 Å². The molecule has 0 aliphatic carbocycles. The van der Waals surface area contributed by atoms with E-state index in [-0.39, 0.29) is 31.1 Å². The minimum Gasteiger partial charge on any atom is -0.383 e. The molecule has 19 heavy (non-hydrogen) atoms. The van der Waals surface area contributed by atoms with Crippen molar-refractivity contribution in [3.63, 3.8) is 0 Å². The molecule has 110 valence electrons. The van der Waals surface area contributed by atoms with E-state index in [1.807, 2.05) is 13.8 Å². The molecule has 3 N–H and O–H groups in total. The van der Waals surface area contributed by atoms with Crippen molar-refractivity contribution in [2.45, 2.75) is 32.0 Å². The molecule has 1 fully saturated rings. The fourth-order valence-electron chi connectivity index (χ4n) is 1.93. The number of methoxy groups -OCH3 is 1. The first kappa shape index (κ1) is 15.9. The number of nitrogens with one attached hydrogen (secondary N) is 1. The molecule has 0 spiro atoms. The monoisotopic (exact) mass is 273 g/mol. The van der Waals surface area contributed by atoms with Gasteiger partial charge in [-0.3, -0.25) is 9.59 Å². The molecule has 0 aromatic heterocycles. The molecule has 7 heteroatoms. The minimum atomic E-state index is -0.752. The summed E-state index contributed by atoms with van der Waals surface area (Å²) >= 11 is 0. The summed E-state index contributed by atoms with van der Waals surface area (Å²) in [5, 5.41) is 2.78. The lowest BCUT2D eigenvalue weighted by Crippen LogP contribution is -2.60. The average molecular weight is 273 g/mol. The van der Waals surface area contributed by atoms with E-state index in [9.17, 15) is 9.59 Å². The summed E-state index contributed by atoms with van der Waals surface area (Å²) in [6.07, 6.45) is 0. The van der Waals surface area contributed by atoms with Crippen molar-refractivity contribution < 1.29 is 19.1 Å². The fraction of sp³-hybridized carbons (Fsp3) is 0.833. The number of carbonyl (C=O) groups is 2. The molecule has 1 heterocycles.